The maximum Gasteiger partial charge on any atom is 0.287 e. The maximum atomic E-state index is 12.7. The molecule has 0 aliphatic heterocycles. The SMILES string of the molecule is O=C(CSc1nc(Cl)cn(-c2ccccc2)c1=O)NC(=S)Nc1ccc(Cl)cc1. The van der Waals surface area contributed by atoms with Crippen molar-refractivity contribution in [2.75, 3.05) is 11.1 Å². The number of hydrogen-bond donors (Lipinski definition) is 2. The van der Waals surface area contributed by atoms with Gasteiger partial charge >= 0.3 is 0 Å². The summed E-state index contributed by atoms with van der Waals surface area (Å²) in [5.74, 6) is -0.436. The smallest absolute Gasteiger partial charge is 0.287 e. The molecule has 0 radical (unpaired) electrons. The van der Waals surface area contributed by atoms with Crippen LogP contribution in [0.25, 0.3) is 5.69 Å². The molecule has 0 spiro atoms. The van der Waals surface area contributed by atoms with Crippen molar-refractivity contribution in [1.82, 2.24) is 14.9 Å². The predicted molar refractivity (Wildman–Crippen MR) is 121 cm³/mol. The second-order valence-electron chi connectivity index (χ2n) is 5.68. The van der Waals surface area contributed by atoms with Crippen molar-refractivity contribution in [2.24, 2.45) is 0 Å². The van der Waals surface area contributed by atoms with Crippen molar-refractivity contribution in [2.45, 2.75) is 5.03 Å². The summed E-state index contributed by atoms with van der Waals surface area (Å²) < 4.78 is 1.39. The first-order chi connectivity index (χ1) is 13.9. The molecule has 0 atom stereocenters. The highest BCUT2D eigenvalue weighted by atomic mass is 35.5. The number of hydrogen-bond acceptors (Lipinski definition) is 5. The van der Waals surface area contributed by atoms with Gasteiger partial charge in [0.1, 0.15) is 5.15 Å². The first-order valence-corrected chi connectivity index (χ1v) is 10.4. The molecule has 0 saturated carbocycles. The number of aromatic nitrogens is 2. The van der Waals surface area contributed by atoms with Crippen molar-refractivity contribution >= 4 is 63.9 Å². The van der Waals surface area contributed by atoms with Crippen LogP contribution in [0.3, 0.4) is 0 Å². The Morgan fingerprint density at radius 2 is 1.79 bits per heavy atom. The standard InChI is InChI=1S/C19H14Cl2N4O2S2/c20-12-6-8-13(9-7-12)22-19(28)24-16(26)11-29-17-18(27)25(10-15(21)23-17)14-4-2-1-3-5-14/h1-10H,11H2,(H2,22,24,26,28). The number of thioether (sulfide) groups is 1. The van der Waals surface area contributed by atoms with E-state index >= 15 is 0 Å². The summed E-state index contributed by atoms with van der Waals surface area (Å²) in [6, 6.07) is 15.9. The van der Waals surface area contributed by atoms with Crippen LogP contribution >= 0.6 is 47.2 Å². The summed E-state index contributed by atoms with van der Waals surface area (Å²) in [4.78, 5) is 28.9. The molecule has 1 heterocycles. The largest absolute Gasteiger partial charge is 0.332 e. The van der Waals surface area contributed by atoms with Crippen molar-refractivity contribution in [3.8, 4) is 5.69 Å². The van der Waals surface area contributed by atoms with Crippen LogP contribution < -0.4 is 16.2 Å². The maximum absolute atomic E-state index is 12.7. The molecule has 0 saturated heterocycles. The zero-order valence-electron chi connectivity index (χ0n) is 14.8. The Morgan fingerprint density at radius 3 is 2.48 bits per heavy atom. The van der Waals surface area contributed by atoms with E-state index in [1.54, 1.807) is 36.4 Å². The summed E-state index contributed by atoms with van der Waals surface area (Å²) in [6.07, 6.45) is 1.44. The first kappa shape index (κ1) is 21.3. The number of anilines is 1. The monoisotopic (exact) mass is 464 g/mol. The zero-order valence-corrected chi connectivity index (χ0v) is 17.9. The van der Waals surface area contributed by atoms with E-state index in [0.717, 1.165) is 11.8 Å². The molecule has 148 valence electrons. The van der Waals surface area contributed by atoms with Crippen molar-refractivity contribution in [3.05, 3.63) is 81.3 Å². The quantitative estimate of drug-likeness (QED) is 0.436. The average molecular weight is 465 g/mol. The van der Waals surface area contributed by atoms with Crippen molar-refractivity contribution < 1.29 is 4.79 Å². The third-order valence-electron chi connectivity index (χ3n) is 3.58. The number of benzene rings is 2. The molecule has 29 heavy (non-hydrogen) atoms. The minimum Gasteiger partial charge on any atom is -0.332 e. The Kier molecular flexibility index (Phi) is 7.27. The molecule has 1 amide bonds. The molecule has 10 heteroatoms. The second-order valence-corrected chi connectivity index (χ2v) is 7.87. The fraction of sp³-hybridized carbons (Fsp3) is 0.0526. The van der Waals surface area contributed by atoms with Crippen LogP contribution in [-0.2, 0) is 4.79 Å². The Morgan fingerprint density at radius 1 is 1.10 bits per heavy atom. The molecule has 0 aliphatic carbocycles. The predicted octanol–water partition coefficient (Wildman–Crippen LogP) is 4.14. The lowest BCUT2D eigenvalue weighted by Gasteiger charge is -2.10. The van der Waals surface area contributed by atoms with E-state index < -0.39 is 0 Å². The average Bonchev–Trinajstić information content (AvgIpc) is 2.70. The number of amides is 1. The lowest BCUT2D eigenvalue weighted by Crippen LogP contribution is -2.35. The van der Waals surface area contributed by atoms with Crippen LogP contribution in [-0.4, -0.2) is 26.3 Å². The van der Waals surface area contributed by atoms with E-state index in [9.17, 15) is 9.59 Å². The highest BCUT2D eigenvalue weighted by Gasteiger charge is 2.13. The number of carbonyl (C=O) groups excluding carboxylic acids is 1. The number of nitrogens with zero attached hydrogens (tertiary/aromatic N) is 2. The topological polar surface area (TPSA) is 76.0 Å². The molecule has 2 N–H and O–H groups in total. The lowest BCUT2D eigenvalue weighted by molar-refractivity contribution is -0.117. The van der Waals surface area contributed by atoms with E-state index in [0.29, 0.717) is 16.4 Å². The van der Waals surface area contributed by atoms with Gasteiger partial charge in [-0.2, -0.15) is 0 Å². The molecule has 1 aromatic heterocycles. The number of halogens is 2. The van der Waals surface area contributed by atoms with Gasteiger partial charge in [-0.25, -0.2) is 4.98 Å². The zero-order chi connectivity index (χ0) is 20.8. The molecule has 6 nitrogen and oxygen atoms in total. The number of para-hydroxylation sites is 1. The number of rotatable bonds is 5. The van der Waals surface area contributed by atoms with Gasteiger partial charge < -0.3 is 10.6 Å². The molecule has 3 rings (SSSR count). The highest BCUT2D eigenvalue weighted by molar-refractivity contribution is 7.99. The van der Waals surface area contributed by atoms with Crippen LogP contribution in [0.2, 0.25) is 10.2 Å². The van der Waals surface area contributed by atoms with Gasteiger partial charge in [-0.3, -0.25) is 14.2 Å². The first-order valence-electron chi connectivity index (χ1n) is 8.26. The van der Waals surface area contributed by atoms with E-state index in [-0.39, 0.29) is 32.5 Å². The number of nitrogens with one attached hydrogen (secondary N) is 2. The van der Waals surface area contributed by atoms with Crippen molar-refractivity contribution in [3.63, 3.8) is 0 Å². The Balaban J connectivity index is 1.63. The van der Waals surface area contributed by atoms with E-state index in [4.69, 9.17) is 35.4 Å². The van der Waals surface area contributed by atoms with Crippen molar-refractivity contribution in [1.29, 1.82) is 0 Å². The van der Waals surface area contributed by atoms with E-state index in [1.165, 1.54) is 10.8 Å². The van der Waals surface area contributed by atoms with Gasteiger partial charge in [-0.15, -0.1) is 0 Å². The highest BCUT2D eigenvalue weighted by Crippen LogP contribution is 2.16. The third kappa shape index (κ3) is 6.04. The lowest BCUT2D eigenvalue weighted by atomic mass is 10.3. The van der Waals surface area contributed by atoms with Gasteiger partial charge in [0.25, 0.3) is 5.56 Å². The molecule has 0 aliphatic rings. The van der Waals surface area contributed by atoms with Gasteiger partial charge in [-0.05, 0) is 48.6 Å². The number of carbonyl (C=O) groups is 1. The summed E-state index contributed by atoms with van der Waals surface area (Å²) in [5.41, 5.74) is 0.983. The third-order valence-corrected chi connectivity index (χ3v) is 5.16. The Labute approximate surface area is 186 Å². The molecular weight excluding hydrogens is 451 g/mol. The van der Waals surface area contributed by atoms with Gasteiger partial charge in [0, 0.05) is 16.4 Å². The molecular formula is C19H14Cl2N4O2S2. The fourth-order valence-electron chi connectivity index (χ4n) is 2.31. The summed E-state index contributed by atoms with van der Waals surface area (Å²) in [6.45, 7) is 0. The van der Waals surface area contributed by atoms with E-state index in [2.05, 4.69) is 15.6 Å². The Hall–Kier alpha value is -2.39. The molecule has 0 unspecified atom stereocenters. The van der Waals surface area contributed by atoms with Crippen LogP contribution in [0.1, 0.15) is 0 Å². The fourth-order valence-corrected chi connectivity index (χ4v) is 3.62. The molecule has 0 fully saturated rings. The van der Waals surface area contributed by atoms with Crippen LogP contribution in [0, 0.1) is 0 Å². The van der Waals surface area contributed by atoms with E-state index in [1.807, 2.05) is 18.2 Å². The Bertz CT molecular complexity index is 1090. The summed E-state index contributed by atoms with van der Waals surface area (Å²) in [7, 11) is 0. The van der Waals surface area contributed by atoms with Gasteiger partial charge in [0.2, 0.25) is 5.91 Å². The molecule has 3 aromatic rings. The van der Waals surface area contributed by atoms with Gasteiger partial charge in [-0.1, -0.05) is 53.2 Å². The normalized spacial score (nSPS) is 10.4. The summed E-state index contributed by atoms with van der Waals surface area (Å²) >= 11 is 18.0. The minimum absolute atomic E-state index is 0.0557. The molecule has 0 bridgehead atoms. The van der Waals surface area contributed by atoms with Crippen LogP contribution in [0.4, 0.5) is 5.69 Å². The second kappa shape index (κ2) is 9.89. The minimum atomic E-state index is -0.381. The van der Waals surface area contributed by atoms with Gasteiger partial charge in [0.05, 0.1) is 11.9 Å². The van der Waals surface area contributed by atoms with Gasteiger partial charge in [0.15, 0.2) is 10.1 Å². The van der Waals surface area contributed by atoms with Crippen LogP contribution in [0.15, 0.2) is 70.6 Å². The number of thiocarbonyl (C=S) groups is 1. The summed E-state index contributed by atoms with van der Waals surface area (Å²) in [5, 5.41) is 6.43. The van der Waals surface area contributed by atoms with Crippen LogP contribution in [0.5, 0.6) is 0 Å². The molecule has 2 aromatic carbocycles.